The topological polar surface area (TPSA) is 18.5 Å². The molecule has 1 aromatic carbocycles. The van der Waals surface area contributed by atoms with Gasteiger partial charge in [-0.1, -0.05) is 18.2 Å². The van der Waals surface area contributed by atoms with Crippen molar-refractivity contribution >= 4 is 0 Å². The first-order valence-electron chi connectivity index (χ1n) is 6.99. The molecule has 3 nitrogen and oxygen atoms in total. The maximum atomic E-state index is 13.6. The normalized spacial score (nSPS) is 20.9. The lowest BCUT2D eigenvalue weighted by molar-refractivity contribution is 0.171. The number of rotatable bonds is 5. The van der Waals surface area contributed by atoms with E-state index in [0.29, 0.717) is 12.6 Å². The van der Waals surface area contributed by atoms with Crippen LogP contribution in [0, 0.1) is 5.82 Å². The van der Waals surface area contributed by atoms with Crippen molar-refractivity contribution in [1.82, 2.24) is 15.1 Å². The van der Waals surface area contributed by atoms with Crippen molar-refractivity contribution in [2.75, 3.05) is 40.3 Å². The van der Waals surface area contributed by atoms with E-state index in [9.17, 15) is 4.39 Å². The van der Waals surface area contributed by atoms with E-state index >= 15 is 0 Å². The van der Waals surface area contributed by atoms with Crippen LogP contribution >= 0.6 is 0 Å². The van der Waals surface area contributed by atoms with Crippen LogP contribution < -0.4 is 5.32 Å². The number of benzene rings is 1. The molecule has 4 heteroatoms. The number of halogens is 1. The summed E-state index contributed by atoms with van der Waals surface area (Å²) in [5.74, 6) is -0.106. The summed E-state index contributed by atoms with van der Waals surface area (Å²) in [6.45, 7) is 4.92. The van der Waals surface area contributed by atoms with E-state index in [1.54, 1.807) is 6.07 Å². The van der Waals surface area contributed by atoms with E-state index in [4.69, 9.17) is 0 Å². The molecule has 1 N–H and O–H groups in total. The Morgan fingerprint density at radius 3 is 2.95 bits per heavy atom. The lowest BCUT2D eigenvalue weighted by atomic mass is 10.1. The Morgan fingerprint density at radius 1 is 1.42 bits per heavy atom. The number of likely N-dealkylation sites (N-methyl/N-ethyl adjacent to an activating group) is 1. The molecule has 1 aliphatic rings. The molecule has 106 valence electrons. The SMILES string of the molecule is CN(CCC1CNCCN1C)Cc1ccccc1F. The van der Waals surface area contributed by atoms with Crippen molar-refractivity contribution in [3.63, 3.8) is 0 Å². The van der Waals surface area contributed by atoms with Gasteiger partial charge in [0.25, 0.3) is 0 Å². The zero-order valence-electron chi connectivity index (χ0n) is 11.9. The molecule has 0 saturated carbocycles. The molecule has 0 aromatic heterocycles. The standard InChI is InChI=1S/C15H24FN3/c1-18(12-13-5-3-4-6-15(13)16)9-7-14-11-17-8-10-19(14)2/h3-6,14,17H,7-12H2,1-2H3. The van der Waals surface area contributed by atoms with Gasteiger partial charge in [-0.3, -0.25) is 0 Å². The van der Waals surface area contributed by atoms with E-state index < -0.39 is 0 Å². The van der Waals surface area contributed by atoms with Crippen molar-refractivity contribution in [1.29, 1.82) is 0 Å². The van der Waals surface area contributed by atoms with Crippen LogP contribution in [-0.4, -0.2) is 56.1 Å². The van der Waals surface area contributed by atoms with E-state index in [0.717, 1.165) is 38.2 Å². The highest BCUT2D eigenvalue weighted by Crippen LogP contribution is 2.11. The molecule has 19 heavy (non-hydrogen) atoms. The first-order valence-corrected chi connectivity index (χ1v) is 6.99. The number of piperazine rings is 1. The predicted molar refractivity (Wildman–Crippen MR) is 76.6 cm³/mol. The van der Waals surface area contributed by atoms with Gasteiger partial charge in [-0.15, -0.1) is 0 Å². The van der Waals surface area contributed by atoms with Gasteiger partial charge in [0.1, 0.15) is 5.82 Å². The Labute approximate surface area is 115 Å². The van der Waals surface area contributed by atoms with E-state index in [1.807, 2.05) is 12.1 Å². The molecular formula is C15H24FN3. The Morgan fingerprint density at radius 2 is 2.21 bits per heavy atom. The smallest absolute Gasteiger partial charge is 0.127 e. The van der Waals surface area contributed by atoms with Crippen molar-refractivity contribution in [3.8, 4) is 0 Å². The largest absolute Gasteiger partial charge is 0.314 e. The summed E-state index contributed by atoms with van der Waals surface area (Å²) < 4.78 is 13.6. The third-order valence-electron chi connectivity index (χ3n) is 3.89. The van der Waals surface area contributed by atoms with Gasteiger partial charge in [-0.25, -0.2) is 4.39 Å². The molecular weight excluding hydrogens is 241 g/mol. The average molecular weight is 265 g/mol. The molecule has 0 amide bonds. The van der Waals surface area contributed by atoms with Crippen LogP contribution in [0.1, 0.15) is 12.0 Å². The van der Waals surface area contributed by atoms with Crippen molar-refractivity contribution < 1.29 is 4.39 Å². The summed E-state index contributed by atoms with van der Waals surface area (Å²) >= 11 is 0. The Bertz CT molecular complexity index is 397. The summed E-state index contributed by atoms with van der Waals surface area (Å²) in [6, 6.07) is 7.62. The fraction of sp³-hybridized carbons (Fsp3) is 0.600. The highest BCUT2D eigenvalue weighted by atomic mass is 19.1. The van der Waals surface area contributed by atoms with Crippen LogP contribution in [-0.2, 0) is 6.54 Å². The number of hydrogen-bond donors (Lipinski definition) is 1. The number of nitrogens with zero attached hydrogens (tertiary/aromatic N) is 2. The maximum Gasteiger partial charge on any atom is 0.127 e. The van der Waals surface area contributed by atoms with Gasteiger partial charge in [0.05, 0.1) is 0 Å². The molecule has 0 aliphatic carbocycles. The average Bonchev–Trinajstić information content (AvgIpc) is 2.40. The maximum absolute atomic E-state index is 13.6. The molecule has 1 atom stereocenters. The van der Waals surface area contributed by atoms with Gasteiger partial charge in [0, 0.05) is 37.8 Å². The minimum absolute atomic E-state index is 0.106. The third kappa shape index (κ3) is 4.27. The first kappa shape index (κ1) is 14.4. The number of hydrogen-bond acceptors (Lipinski definition) is 3. The van der Waals surface area contributed by atoms with Gasteiger partial charge in [-0.05, 0) is 33.1 Å². The van der Waals surface area contributed by atoms with Gasteiger partial charge in [-0.2, -0.15) is 0 Å². The highest BCUT2D eigenvalue weighted by molar-refractivity contribution is 5.16. The quantitative estimate of drug-likeness (QED) is 0.871. The Hall–Kier alpha value is -0.970. The zero-order valence-corrected chi connectivity index (χ0v) is 11.9. The highest BCUT2D eigenvalue weighted by Gasteiger charge is 2.18. The van der Waals surface area contributed by atoms with Gasteiger partial charge >= 0.3 is 0 Å². The lowest BCUT2D eigenvalue weighted by Crippen LogP contribution is -2.50. The van der Waals surface area contributed by atoms with E-state index in [2.05, 4.69) is 29.2 Å². The van der Waals surface area contributed by atoms with Crippen molar-refractivity contribution in [2.24, 2.45) is 0 Å². The summed E-state index contributed by atoms with van der Waals surface area (Å²) in [4.78, 5) is 4.61. The molecule has 2 rings (SSSR count). The van der Waals surface area contributed by atoms with Crippen LogP contribution in [0.25, 0.3) is 0 Å². The predicted octanol–water partition coefficient (Wildman–Crippen LogP) is 1.55. The fourth-order valence-corrected chi connectivity index (χ4v) is 2.55. The molecule has 1 saturated heterocycles. The fourth-order valence-electron chi connectivity index (χ4n) is 2.55. The first-order chi connectivity index (χ1) is 9.16. The van der Waals surface area contributed by atoms with Gasteiger partial charge in [0.15, 0.2) is 0 Å². The molecule has 0 spiro atoms. The second-order valence-electron chi connectivity index (χ2n) is 5.46. The van der Waals surface area contributed by atoms with Crippen LogP contribution in [0.15, 0.2) is 24.3 Å². The molecule has 1 heterocycles. The van der Waals surface area contributed by atoms with Crippen LogP contribution in [0.4, 0.5) is 4.39 Å². The molecule has 0 radical (unpaired) electrons. The molecule has 1 aliphatic heterocycles. The van der Waals surface area contributed by atoms with E-state index in [-0.39, 0.29) is 5.82 Å². The van der Waals surface area contributed by atoms with Crippen molar-refractivity contribution in [2.45, 2.75) is 19.0 Å². The summed E-state index contributed by atoms with van der Waals surface area (Å²) in [7, 11) is 4.24. The van der Waals surface area contributed by atoms with Crippen LogP contribution in [0.3, 0.4) is 0 Å². The third-order valence-corrected chi connectivity index (χ3v) is 3.89. The summed E-state index contributed by atoms with van der Waals surface area (Å²) in [5.41, 5.74) is 0.778. The molecule has 0 bridgehead atoms. The van der Waals surface area contributed by atoms with Gasteiger partial charge < -0.3 is 15.1 Å². The van der Waals surface area contributed by atoms with Crippen molar-refractivity contribution in [3.05, 3.63) is 35.6 Å². The second kappa shape index (κ2) is 6.98. The van der Waals surface area contributed by atoms with E-state index in [1.165, 1.54) is 6.07 Å². The molecule has 1 unspecified atom stereocenters. The monoisotopic (exact) mass is 265 g/mol. The van der Waals surface area contributed by atoms with Crippen LogP contribution in [0.2, 0.25) is 0 Å². The minimum Gasteiger partial charge on any atom is -0.314 e. The second-order valence-corrected chi connectivity index (χ2v) is 5.46. The minimum atomic E-state index is -0.106. The zero-order chi connectivity index (χ0) is 13.7. The summed E-state index contributed by atoms with van der Waals surface area (Å²) in [6.07, 6.45) is 1.12. The molecule has 1 fully saturated rings. The summed E-state index contributed by atoms with van der Waals surface area (Å²) in [5, 5.41) is 3.43. The van der Waals surface area contributed by atoms with Gasteiger partial charge in [0.2, 0.25) is 0 Å². The van der Waals surface area contributed by atoms with Crippen LogP contribution in [0.5, 0.6) is 0 Å². The Balaban J connectivity index is 1.78. The lowest BCUT2D eigenvalue weighted by Gasteiger charge is -2.34. The Kier molecular flexibility index (Phi) is 5.31. The molecule has 1 aromatic rings. The number of nitrogens with one attached hydrogen (secondary N) is 1.